The third kappa shape index (κ3) is 7.79. The number of nitrogens with zero attached hydrogens (tertiary/aromatic N) is 3. The summed E-state index contributed by atoms with van der Waals surface area (Å²) in [4.78, 5) is 56.4. The van der Waals surface area contributed by atoms with E-state index in [-0.39, 0.29) is 36.1 Å². The normalized spacial score (nSPS) is 14.7. The Kier molecular flexibility index (Phi) is 10.7. The number of amides is 3. The van der Waals surface area contributed by atoms with Gasteiger partial charge in [0.05, 0.1) is 37.7 Å². The molecule has 4 aromatic rings. The molecule has 3 aromatic carbocycles. The van der Waals surface area contributed by atoms with Crippen LogP contribution in [0.4, 0.5) is 17.1 Å². The second-order valence-corrected chi connectivity index (χ2v) is 12.6. The summed E-state index contributed by atoms with van der Waals surface area (Å²) in [6, 6.07) is 20.5. The quantitative estimate of drug-likeness (QED) is 0.260. The van der Waals surface area contributed by atoms with Crippen LogP contribution < -0.4 is 21.1 Å². The molecule has 260 valence electrons. The third-order valence-electron chi connectivity index (χ3n) is 9.26. The summed E-state index contributed by atoms with van der Waals surface area (Å²) in [5, 5.41) is 5.95. The Bertz CT molecular complexity index is 1940. The highest BCUT2D eigenvalue weighted by Crippen LogP contribution is 2.30. The number of anilines is 3. The Morgan fingerprint density at radius 2 is 1.52 bits per heavy atom. The van der Waals surface area contributed by atoms with Gasteiger partial charge in [-0.2, -0.15) is 0 Å². The zero-order chi connectivity index (χ0) is 35.2. The molecule has 2 saturated heterocycles. The van der Waals surface area contributed by atoms with Gasteiger partial charge >= 0.3 is 0 Å². The van der Waals surface area contributed by atoms with Gasteiger partial charge in [-0.3, -0.25) is 19.2 Å². The van der Waals surface area contributed by atoms with Crippen LogP contribution in [0.25, 0.3) is 11.1 Å². The number of hydrogen-bond donors (Lipinski definition) is 2. The van der Waals surface area contributed by atoms with Gasteiger partial charge in [-0.1, -0.05) is 25.1 Å². The lowest BCUT2D eigenvalue weighted by Crippen LogP contribution is -2.41. The van der Waals surface area contributed by atoms with Gasteiger partial charge < -0.3 is 34.5 Å². The molecule has 0 radical (unpaired) electrons. The fourth-order valence-electron chi connectivity index (χ4n) is 6.36. The minimum Gasteiger partial charge on any atom is -0.378 e. The molecule has 6 rings (SSSR count). The second-order valence-electron chi connectivity index (χ2n) is 12.6. The lowest BCUT2D eigenvalue weighted by Gasteiger charge is -2.28. The van der Waals surface area contributed by atoms with E-state index in [0.29, 0.717) is 67.6 Å². The topological polar surface area (TPSA) is 122 Å². The molecule has 11 heteroatoms. The molecule has 0 unspecified atom stereocenters. The number of carbonyl (C=O) groups excluding carboxylic acids is 3. The molecule has 2 aliphatic heterocycles. The zero-order valence-corrected chi connectivity index (χ0v) is 28.8. The van der Waals surface area contributed by atoms with Crippen LogP contribution in [0.15, 0.2) is 77.7 Å². The van der Waals surface area contributed by atoms with Gasteiger partial charge in [0.1, 0.15) is 0 Å². The highest BCUT2D eigenvalue weighted by molar-refractivity contribution is 6.05. The molecule has 3 amide bonds. The number of aromatic nitrogens is 1. The molecule has 2 N–H and O–H groups in total. The first-order valence-electron chi connectivity index (χ1n) is 17.0. The number of nitrogens with one attached hydrogen (secondary N) is 2. The largest absolute Gasteiger partial charge is 0.378 e. The van der Waals surface area contributed by atoms with Crippen LogP contribution >= 0.6 is 0 Å². The molecular weight excluding hydrogens is 634 g/mol. The fourth-order valence-corrected chi connectivity index (χ4v) is 6.36. The standard InChI is InChI=1S/C39H43N5O6/c1-4-36(45)40-35-23-27(8-13-33(35)39(48)44-16-20-50-21-17-44)22-29-24-30(25-42(3)38(29)47)32-6-5-7-34(26(32)2)41-37(46)28-9-11-31(12-10-28)43-14-18-49-19-15-43/h5-13,23-25H,4,14-22H2,1-3H3,(H,40,45)(H,41,46). The van der Waals surface area contributed by atoms with Gasteiger partial charge in [0.25, 0.3) is 17.4 Å². The van der Waals surface area contributed by atoms with Gasteiger partial charge in [-0.25, -0.2) is 0 Å². The van der Waals surface area contributed by atoms with Crippen molar-refractivity contribution in [3.05, 3.63) is 111 Å². The molecule has 11 nitrogen and oxygen atoms in total. The van der Waals surface area contributed by atoms with E-state index in [0.717, 1.165) is 41.0 Å². The third-order valence-corrected chi connectivity index (χ3v) is 9.26. The van der Waals surface area contributed by atoms with E-state index >= 15 is 0 Å². The van der Waals surface area contributed by atoms with Crippen molar-refractivity contribution in [1.82, 2.24) is 9.47 Å². The van der Waals surface area contributed by atoms with Crippen LogP contribution in [0.2, 0.25) is 0 Å². The maximum atomic E-state index is 13.4. The maximum absolute atomic E-state index is 13.4. The number of hydrogen-bond acceptors (Lipinski definition) is 7. The van der Waals surface area contributed by atoms with Crippen LogP contribution in [0, 0.1) is 6.92 Å². The molecule has 2 aliphatic rings. The average molecular weight is 678 g/mol. The van der Waals surface area contributed by atoms with Crippen molar-refractivity contribution in [2.24, 2.45) is 7.05 Å². The molecule has 0 saturated carbocycles. The van der Waals surface area contributed by atoms with E-state index in [9.17, 15) is 19.2 Å². The number of ether oxygens (including phenoxy) is 2. The number of pyridine rings is 1. The van der Waals surface area contributed by atoms with Crippen molar-refractivity contribution >= 4 is 34.8 Å². The maximum Gasteiger partial charge on any atom is 0.256 e. The number of rotatable bonds is 9. The minimum absolute atomic E-state index is 0.149. The van der Waals surface area contributed by atoms with Gasteiger partial charge in [-0.15, -0.1) is 0 Å². The average Bonchev–Trinajstić information content (AvgIpc) is 3.15. The molecule has 0 aliphatic carbocycles. The molecular formula is C39H43N5O6. The molecule has 0 bridgehead atoms. The Labute approximate surface area is 291 Å². The predicted molar refractivity (Wildman–Crippen MR) is 194 cm³/mol. The SMILES string of the molecule is CCC(=O)Nc1cc(Cc2cc(-c3cccc(NC(=O)c4ccc(N5CCOCC5)cc4)c3C)cn(C)c2=O)ccc1C(=O)N1CCOCC1. The highest BCUT2D eigenvalue weighted by Gasteiger charge is 2.23. The smallest absolute Gasteiger partial charge is 0.256 e. The summed E-state index contributed by atoms with van der Waals surface area (Å²) in [7, 11) is 1.72. The summed E-state index contributed by atoms with van der Waals surface area (Å²) < 4.78 is 12.4. The van der Waals surface area contributed by atoms with E-state index in [4.69, 9.17) is 9.47 Å². The van der Waals surface area contributed by atoms with E-state index in [1.807, 2.05) is 61.5 Å². The Hall–Kier alpha value is -5.26. The van der Waals surface area contributed by atoms with Crippen molar-refractivity contribution in [1.29, 1.82) is 0 Å². The fraction of sp³-hybridized carbons (Fsp3) is 0.333. The monoisotopic (exact) mass is 677 g/mol. The Balaban J connectivity index is 1.24. The van der Waals surface area contributed by atoms with Crippen molar-refractivity contribution in [2.75, 3.05) is 68.1 Å². The van der Waals surface area contributed by atoms with E-state index in [1.165, 1.54) is 0 Å². The van der Waals surface area contributed by atoms with Crippen LogP contribution in [0.3, 0.4) is 0 Å². The predicted octanol–water partition coefficient (Wildman–Crippen LogP) is 4.86. The summed E-state index contributed by atoms with van der Waals surface area (Å²) in [6.45, 7) is 8.65. The van der Waals surface area contributed by atoms with Gasteiger partial charge in [0, 0.05) is 74.8 Å². The highest BCUT2D eigenvalue weighted by atomic mass is 16.5. The Morgan fingerprint density at radius 3 is 2.22 bits per heavy atom. The van der Waals surface area contributed by atoms with Crippen molar-refractivity contribution in [2.45, 2.75) is 26.7 Å². The summed E-state index contributed by atoms with van der Waals surface area (Å²) in [5.74, 6) is -0.582. The van der Waals surface area contributed by atoms with Gasteiger partial charge in [0.2, 0.25) is 5.91 Å². The van der Waals surface area contributed by atoms with Gasteiger partial charge in [-0.05, 0) is 77.7 Å². The molecule has 1 aromatic heterocycles. The van der Waals surface area contributed by atoms with Crippen molar-refractivity contribution in [3.8, 4) is 11.1 Å². The molecule has 0 spiro atoms. The van der Waals surface area contributed by atoms with Crippen LogP contribution in [0.5, 0.6) is 0 Å². The zero-order valence-electron chi connectivity index (χ0n) is 28.8. The lowest BCUT2D eigenvalue weighted by molar-refractivity contribution is -0.115. The second kappa shape index (κ2) is 15.5. The first-order valence-corrected chi connectivity index (χ1v) is 17.0. The van der Waals surface area contributed by atoms with E-state index < -0.39 is 0 Å². The summed E-state index contributed by atoms with van der Waals surface area (Å²) in [5.41, 5.74) is 6.88. The number of benzene rings is 3. The van der Waals surface area contributed by atoms with Crippen molar-refractivity contribution in [3.63, 3.8) is 0 Å². The first kappa shape index (κ1) is 34.6. The van der Waals surface area contributed by atoms with Crippen LogP contribution in [-0.4, -0.2) is 79.8 Å². The van der Waals surface area contributed by atoms with E-state index in [2.05, 4.69) is 15.5 Å². The number of morpholine rings is 2. The Morgan fingerprint density at radius 1 is 0.820 bits per heavy atom. The van der Waals surface area contributed by atoms with Gasteiger partial charge in [0.15, 0.2) is 0 Å². The van der Waals surface area contributed by atoms with E-state index in [1.54, 1.807) is 41.8 Å². The lowest BCUT2D eigenvalue weighted by atomic mass is 9.96. The molecule has 50 heavy (non-hydrogen) atoms. The van der Waals surface area contributed by atoms with Crippen LogP contribution in [-0.2, 0) is 27.7 Å². The summed E-state index contributed by atoms with van der Waals surface area (Å²) in [6.07, 6.45) is 2.34. The molecule has 2 fully saturated rings. The number of carbonyl (C=O) groups is 3. The minimum atomic E-state index is -0.207. The summed E-state index contributed by atoms with van der Waals surface area (Å²) >= 11 is 0. The van der Waals surface area contributed by atoms with Crippen molar-refractivity contribution < 1.29 is 23.9 Å². The molecule has 0 atom stereocenters. The number of aryl methyl sites for hydroxylation is 1. The first-order chi connectivity index (χ1) is 24.2. The molecule has 3 heterocycles. The van der Waals surface area contributed by atoms with Crippen LogP contribution in [0.1, 0.15) is 50.8 Å².